The van der Waals surface area contributed by atoms with Crippen LogP contribution in [0.5, 0.6) is 0 Å². The van der Waals surface area contributed by atoms with Crippen LogP contribution in [0.15, 0.2) is 24.5 Å². The first-order valence-corrected chi connectivity index (χ1v) is 6.90. The maximum Gasteiger partial charge on any atom is 0.240 e. The molecule has 1 unspecified atom stereocenters. The Morgan fingerprint density at radius 3 is 3.14 bits per heavy atom. The maximum atomic E-state index is 11.7. The molecule has 1 fully saturated rings. The zero-order chi connectivity index (χ0) is 14.4. The van der Waals surface area contributed by atoms with Gasteiger partial charge in [0.25, 0.3) is 0 Å². The molecule has 1 amide bonds. The molecule has 0 aromatic carbocycles. The topological polar surface area (TPSA) is 101 Å². The Morgan fingerprint density at radius 1 is 1.38 bits per heavy atom. The first kappa shape index (κ1) is 12.1. The number of hydrogen-bond acceptors (Lipinski definition) is 5. The molecule has 1 atom stereocenters. The van der Waals surface area contributed by atoms with Crippen molar-refractivity contribution in [1.82, 2.24) is 20.2 Å². The quantitative estimate of drug-likeness (QED) is 0.729. The second-order valence-corrected chi connectivity index (χ2v) is 5.22. The fraction of sp³-hybridized carbons (Fsp3) is 0.286. The molecule has 106 valence electrons. The van der Waals surface area contributed by atoms with Crippen LogP contribution >= 0.6 is 0 Å². The molecule has 7 nitrogen and oxygen atoms in total. The first-order valence-electron chi connectivity index (χ1n) is 6.90. The van der Waals surface area contributed by atoms with E-state index in [2.05, 4.69) is 25.1 Å². The van der Waals surface area contributed by atoms with Gasteiger partial charge in [0, 0.05) is 24.3 Å². The molecule has 0 radical (unpaired) electrons. The van der Waals surface area contributed by atoms with Gasteiger partial charge in [0.05, 0.1) is 11.1 Å². The van der Waals surface area contributed by atoms with Gasteiger partial charge in [-0.2, -0.15) is 0 Å². The lowest BCUT2D eigenvalue weighted by atomic mass is 10.1. The van der Waals surface area contributed by atoms with Crippen molar-refractivity contribution in [2.45, 2.75) is 18.9 Å². The minimum atomic E-state index is -0.285. The molecule has 0 aliphatic carbocycles. The number of fused-ring (bicyclic) bond motifs is 3. The molecule has 3 N–H and O–H groups in total. The number of rotatable bonds is 2. The minimum absolute atomic E-state index is 0.262. The van der Waals surface area contributed by atoms with E-state index in [1.54, 1.807) is 6.20 Å². The summed E-state index contributed by atoms with van der Waals surface area (Å²) in [5.74, 6) is -0.285. The number of carbonyl (C=O) groups excluding carboxylic acids is 1. The molecule has 7 heteroatoms. The van der Waals surface area contributed by atoms with Crippen molar-refractivity contribution < 1.29 is 4.79 Å². The summed E-state index contributed by atoms with van der Waals surface area (Å²) in [6.07, 6.45) is 5.26. The third-order valence-corrected chi connectivity index (χ3v) is 4.04. The van der Waals surface area contributed by atoms with Crippen LogP contribution in [0.4, 0.5) is 5.69 Å². The number of anilines is 1. The molecule has 3 aromatic heterocycles. The van der Waals surface area contributed by atoms with Crippen LogP contribution in [0.3, 0.4) is 0 Å². The van der Waals surface area contributed by atoms with Crippen LogP contribution in [-0.2, 0) is 4.79 Å². The molecule has 21 heavy (non-hydrogen) atoms. The number of hydrogen-bond donors (Lipinski definition) is 2. The number of aromatic nitrogens is 4. The van der Waals surface area contributed by atoms with E-state index in [9.17, 15) is 4.79 Å². The van der Waals surface area contributed by atoms with Gasteiger partial charge in [0.15, 0.2) is 11.3 Å². The Labute approximate surface area is 120 Å². The Kier molecular flexibility index (Phi) is 2.53. The number of carbonyl (C=O) groups is 1. The SMILES string of the molecule is NC(=O)C1CCCN1c1cc[nH]c2nnc3nccc3c12. The summed E-state index contributed by atoms with van der Waals surface area (Å²) in [7, 11) is 0. The maximum absolute atomic E-state index is 11.7. The van der Waals surface area contributed by atoms with Crippen LogP contribution in [-0.4, -0.2) is 38.7 Å². The number of nitrogens with two attached hydrogens (primary N) is 1. The summed E-state index contributed by atoms with van der Waals surface area (Å²) >= 11 is 0. The average molecular weight is 282 g/mol. The number of pyridine rings is 1. The third kappa shape index (κ3) is 1.74. The van der Waals surface area contributed by atoms with Crippen LogP contribution in [0.2, 0.25) is 0 Å². The largest absolute Gasteiger partial charge is 0.368 e. The molecule has 4 heterocycles. The zero-order valence-electron chi connectivity index (χ0n) is 11.3. The van der Waals surface area contributed by atoms with Crippen molar-refractivity contribution in [1.29, 1.82) is 0 Å². The van der Waals surface area contributed by atoms with E-state index in [1.165, 1.54) is 0 Å². The van der Waals surface area contributed by atoms with Gasteiger partial charge in [0.2, 0.25) is 5.91 Å². The van der Waals surface area contributed by atoms with Crippen molar-refractivity contribution in [2.75, 3.05) is 11.4 Å². The van der Waals surface area contributed by atoms with Crippen molar-refractivity contribution in [3.8, 4) is 0 Å². The number of amides is 1. The molecule has 1 saturated heterocycles. The van der Waals surface area contributed by atoms with Gasteiger partial charge in [-0.25, -0.2) is 4.98 Å². The van der Waals surface area contributed by atoms with Gasteiger partial charge in [0.1, 0.15) is 6.04 Å². The molecule has 1 aliphatic rings. The van der Waals surface area contributed by atoms with E-state index in [4.69, 9.17) is 5.73 Å². The number of primary amides is 1. The van der Waals surface area contributed by atoms with Gasteiger partial charge in [-0.1, -0.05) is 0 Å². The summed E-state index contributed by atoms with van der Waals surface area (Å²) in [4.78, 5) is 21.0. The molecule has 3 aromatic rings. The van der Waals surface area contributed by atoms with Crippen LogP contribution in [0.1, 0.15) is 12.8 Å². The lowest BCUT2D eigenvalue weighted by molar-refractivity contribution is -0.119. The van der Waals surface area contributed by atoms with Crippen molar-refractivity contribution in [2.24, 2.45) is 5.73 Å². The summed E-state index contributed by atoms with van der Waals surface area (Å²) in [5, 5.41) is 10.1. The Balaban J connectivity index is 2.00. The van der Waals surface area contributed by atoms with E-state index in [1.807, 2.05) is 18.3 Å². The molecule has 0 saturated carbocycles. The number of H-pyrrole nitrogens is 1. The summed E-state index contributed by atoms with van der Waals surface area (Å²) < 4.78 is 0. The smallest absolute Gasteiger partial charge is 0.240 e. The fourth-order valence-corrected chi connectivity index (χ4v) is 3.11. The minimum Gasteiger partial charge on any atom is -0.368 e. The van der Waals surface area contributed by atoms with Gasteiger partial charge >= 0.3 is 0 Å². The lowest BCUT2D eigenvalue weighted by Gasteiger charge is -2.25. The van der Waals surface area contributed by atoms with Crippen LogP contribution in [0.25, 0.3) is 22.1 Å². The second-order valence-electron chi connectivity index (χ2n) is 5.22. The molecule has 0 bridgehead atoms. The lowest BCUT2D eigenvalue weighted by Crippen LogP contribution is -2.40. The van der Waals surface area contributed by atoms with Gasteiger partial charge in [-0.05, 0) is 25.0 Å². The monoisotopic (exact) mass is 282 g/mol. The van der Waals surface area contributed by atoms with E-state index in [0.29, 0.717) is 11.3 Å². The highest BCUT2D eigenvalue weighted by molar-refractivity contribution is 6.09. The molecular weight excluding hydrogens is 268 g/mol. The van der Waals surface area contributed by atoms with Crippen molar-refractivity contribution in [3.05, 3.63) is 24.5 Å². The first-order chi connectivity index (χ1) is 10.3. The highest BCUT2D eigenvalue weighted by Crippen LogP contribution is 2.34. The highest BCUT2D eigenvalue weighted by Gasteiger charge is 2.30. The molecule has 1 aliphatic heterocycles. The van der Waals surface area contributed by atoms with Gasteiger partial charge in [-0.3, -0.25) is 4.79 Å². The Morgan fingerprint density at radius 2 is 2.29 bits per heavy atom. The Hall–Kier alpha value is -2.70. The highest BCUT2D eigenvalue weighted by atomic mass is 16.1. The van der Waals surface area contributed by atoms with E-state index >= 15 is 0 Å². The molecule has 4 rings (SSSR count). The Bertz CT molecular complexity index is 842. The normalized spacial score (nSPS) is 18.7. The number of nitrogens with zero attached hydrogens (tertiary/aromatic N) is 4. The summed E-state index contributed by atoms with van der Waals surface area (Å²) in [6.45, 7) is 0.810. The third-order valence-electron chi connectivity index (χ3n) is 4.04. The predicted molar refractivity (Wildman–Crippen MR) is 78.8 cm³/mol. The van der Waals surface area contributed by atoms with E-state index in [-0.39, 0.29) is 11.9 Å². The van der Waals surface area contributed by atoms with Crippen molar-refractivity contribution in [3.63, 3.8) is 0 Å². The molecular formula is C14H14N6O. The van der Waals surface area contributed by atoms with Crippen molar-refractivity contribution >= 4 is 33.7 Å². The summed E-state index contributed by atoms with van der Waals surface area (Å²) in [6, 6.07) is 3.61. The summed E-state index contributed by atoms with van der Waals surface area (Å²) in [5.41, 5.74) is 7.78. The molecule has 0 spiro atoms. The van der Waals surface area contributed by atoms with Crippen LogP contribution in [0, 0.1) is 0 Å². The van der Waals surface area contributed by atoms with Gasteiger partial charge < -0.3 is 15.6 Å². The predicted octanol–water partition coefficient (Wildman–Crippen LogP) is 0.960. The average Bonchev–Trinajstić information content (AvgIpc) is 3.15. The standard InChI is InChI=1S/C14H14N6O/c15-12(21)10-2-1-7-20(10)9-4-6-17-14-11(9)8-3-5-16-13(8)18-19-14/h3-6,10H,1-2,7H2,(H2,15,21)(H,17,19). The van der Waals surface area contributed by atoms with E-state index in [0.717, 1.165) is 35.8 Å². The van der Waals surface area contributed by atoms with Crippen LogP contribution < -0.4 is 10.6 Å². The zero-order valence-corrected chi connectivity index (χ0v) is 11.3. The van der Waals surface area contributed by atoms with Gasteiger partial charge in [-0.15, -0.1) is 10.2 Å². The van der Waals surface area contributed by atoms with E-state index < -0.39 is 0 Å². The number of nitrogens with one attached hydrogen (secondary N) is 1. The second kappa shape index (κ2) is 4.41. The fourth-order valence-electron chi connectivity index (χ4n) is 3.11. The number of aromatic amines is 1.